The predicted molar refractivity (Wildman–Crippen MR) is 78.1 cm³/mol. The Morgan fingerprint density at radius 1 is 1.25 bits per heavy atom. The molecule has 0 fully saturated rings. The van der Waals surface area contributed by atoms with Crippen LogP contribution in [-0.4, -0.2) is 12.0 Å². The largest absolute Gasteiger partial charge is 0.307 e. The maximum atomic E-state index is 13.9. The first-order valence-electron chi connectivity index (χ1n) is 6.41. The van der Waals surface area contributed by atoms with E-state index in [0.29, 0.717) is 5.56 Å². The molecule has 1 N–H and O–H groups in total. The number of benzene rings is 1. The quantitative estimate of drug-likeness (QED) is 0.925. The van der Waals surface area contributed by atoms with Crippen molar-refractivity contribution in [3.8, 4) is 0 Å². The minimum atomic E-state index is -0.573. The fraction of sp³-hybridized carbons (Fsp3) is 0.400. The lowest BCUT2D eigenvalue weighted by Crippen LogP contribution is -2.20. The zero-order valence-electron chi connectivity index (χ0n) is 12.0. The van der Waals surface area contributed by atoms with Crippen molar-refractivity contribution >= 4 is 11.3 Å². The van der Waals surface area contributed by atoms with Crippen LogP contribution in [0, 0.1) is 11.6 Å². The smallest absolute Gasteiger partial charge is 0.131 e. The number of aromatic nitrogens is 1. The van der Waals surface area contributed by atoms with Crippen LogP contribution in [0.25, 0.3) is 0 Å². The molecule has 2 aromatic rings. The van der Waals surface area contributed by atoms with Gasteiger partial charge in [0.15, 0.2) is 0 Å². The first-order chi connectivity index (χ1) is 9.32. The molecule has 0 saturated heterocycles. The molecule has 1 atom stereocenters. The second-order valence-corrected chi connectivity index (χ2v) is 6.60. The van der Waals surface area contributed by atoms with E-state index in [1.54, 1.807) is 7.05 Å². The van der Waals surface area contributed by atoms with Gasteiger partial charge in [-0.2, -0.15) is 0 Å². The van der Waals surface area contributed by atoms with Gasteiger partial charge < -0.3 is 5.32 Å². The molecule has 0 aliphatic heterocycles. The summed E-state index contributed by atoms with van der Waals surface area (Å²) >= 11 is 1.48. The van der Waals surface area contributed by atoms with Crippen molar-refractivity contribution in [2.75, 3.05) is 7.05 Å². The molecule has 108 valence electrons. The first-order valence-corrected chi connectivity index (χ1v) is 7.29. The molecule has 0 bridgehead atoms. The third-order valence-electron chi connectivity index (χ3n) is 3.10. The molecule has 0 aliphatic rings. The highest BCUT2D eigenvalue weighted by Gasteiger charge is 2.23. The molecule has 2 rings (SSSR count). The van der Waals surface area contributed by atoms with Crippen LogP contribution in [0.4, 0.5) is 8.78 Å². The van der Waals surface area contributed by atoms with Crippen LogP contribution in [0.1, 0.15) is 43.1 Å². The molecule has 5 heteroatoms. The number of halogens is 2. The minimum Gasteiger partial charge on any atom is -0.307 e. The van der Waals surface area contributed by atoms with Crippen molar-refractivity contribution in [1.29, 1.82) is 0 Å². The summed E-state index contributed by atoms with van der Waals surface area (Å²) < 4.78 is 26.9. The average Bonchev–Trinajstić information content (AvgIpc) is 2.82. The van der Waals surface area contributed by atoms with E-state index in [1.165, 1.54) is 23.5 Å². The van der Waals surface area contributed by atoms with Crippen molar-refractivity contribution < 1.29 is 8.78 Å². The summed E-state index contributed by atoms with van der Waals surface area (Å²) in [4.78, 5) is 4.59. The summed E-state index contributed by atoms with van der Waals surface area (Å²) in [6.45, 7) is 6.25. The molecule has 0 spiro atoms. The van der Waals surface area contributed by atoms with Gasteiger partial charge in [0.2, 0.25) is 0 Å². The van der Waals surface area contributed by atoms with Crippen molar-refractivity contribution in [3.05, 3.63) is 51.5 Å². The van der Waals surface area contributed by atoms with Gasteiger partial charge in [-0.1, -0.05) is 26.8 Å². The zero-order chi connectivity index (χ0) is 14.9. The van der Waals surface area contributed by atoms with Gasteiger partial charge >= 0.3 is 0 Å². The van der Waals surface area contributed by atoms with E-state index in [-0.39, 0.29) is 11.5 Å². The highest BCUT2D eigenvalue weighted by Crippen LogP contribution is 2.30. The fourth-order valence-electron chi connectivity index (χ4n) is 1.91. The number of nitrogens with one attached hydrogen (secondary N) is 1. The Hall–Kier alpha value is -1.33. The minimum absolute atomic E-state index is 0.0472. The molecule has 1 aromatic carbocycles. The van der Waals surface area contributed by atoms with E-state index >= 15 is 0 Å². The summed E-state index contributed by atoms with van der Waals surface area (Å²) in [6, 6.07) is 3.26. The monoisotopic (exact) mass is 296 g/mol. The molecule has 1 heterocycles. The lowest BCUT2D eigenvalue weighted by Gasteiger charge is -2.17. The molecule has 0 amide bonds. The Balaban J connectivity index is 2.40. The average molecular weight is 296 g/mol. The number of thiazole rings is 1. The Kier molecular flexibility index (Phi) is 4.20. The number of nitrogens with zero attached hydrogens (tertiary/aromatic N) is 1. The van der Waals surface area contributed by atoms with Gasteiger partial charge in [-0.25, -0.2) is 13.8 Å². The van der Waals surface area contributed by atoms with Gasteiger partial charge in [-0.15, -0.1) is 11.3 Å². The van der Waals surface area contributed by atoms with Gasteiger partial charge in [-0.3, -0.25) is 0 Å². The molecule has 0 aliphatic carbocycles. The Morgan fingerprint density at radius 2 is 1.95 bits per heavy atom. The second kappa shape index (κ2) is 5.58. The summed E-state index contributed by atoms with van der Waals surface area (Å²) in [5.74, 6) is -1.13. The third-order valence-corrected chi connectivity index (χ3v) is 4.01. The van der Waals surface area contributed by atoms with Crippen LogP contribution in [-0.2, 0) is 5.41 Å². The molecule has 1 unspecified atom stereocenters. The SMILES string of the molecule is CNC(c1nc(C(C)(C)C)cs1)c1ccc(F)cc1F. The van der Waals surface area contributed by atoms with Crippen LogP contribution in [0.2, 0.25) is 0 Å². The Morgan fingerprint density at radius 3 is 2.45 bits per heavy atom. The van der Waals surface area contributed by atoms with Crippen molar-refractivity contribution in [2.45, 2.75) is 32.2 Å². The molecule has 0 saturated carbocycles. The van der Waals surface area contributed by atoms with E-state index in [2.05, 4.69) is 31.1 Å². The zero-order valence-corrected chi connectivity index (χ0v) is 12.8. The molecule has 1 aromatic heterocycles. The maximum absolute atomic E-state index is 13.9. The van der Waals surface area contributed by atoms with Gasteiger partial charge in [0.05, 0.1) is 11.7 Å². The number of hydrogen-bond donors (Lipinski definition) is 1. The lowest BCUT2D eigenvalue weighted by atomic mass is 9.93. The van der Waals surface area contributed by atoms with Crippen LogP contribution >= 0.6 is 11.3 Å². The topological polar surface area (TPSA) is 24.9 Å². The summed E-state index contributed by atoms with van der Waals surface area (Å²) in [6.07, 6.45) is 0. The van der Waals surface area contributed by atoms with Crippen LogP contribution in [0.15, 0.2) is 23.6 Å². The van der Waals surface area contributed by atoms with Gasteiger partial charge in [0, 0.05) is 22.4 Å². The number of rotatable bonds is 3. The first kappa shape index (κ1) is 15.1. The normalized spacial score (nSPS) is 13.5. The molecule has 20 heavy (non-hydrogen) atoms. The molecular weight excluding hydrogens is 278 g/mol. The van der Waals surface area contributed by atoms with E-state index in [0.717, 1.165) is 16.8 Å². The molecular formula is C15H18F2N2S. The number of hydrogen-bond acceptors (Lipinski definition) is 3. The summed E-state index contributed by atoms with van der Waals surface area (Å²) in [5.41, 5.74) is 1.33. The summed E-state index contributed by atoms with van der Waals surface area (Å²) in [7, 11) is 1.74. The maximum Gasteiger partial charge on any atom is 0.131 e. The van der Waals surface area contributed by atoms with Gasteiger partial charge in [-0.05, 0) is 13.1 Å². The highest BCUT2D eigenvalue weighted by molar-refractivity contribution is 7.09. The molecule has 2 nitrogen and oxygen atoms in total. The van der Waals surface area contributed by atoms with Crippen molar-refractivity contribution in [3.63, 3.8) is 0 Å². The van der Waals surface area contributed by atoms with Gasteiger partial charge in [0.25, 0.3) is 0 Å². The Labute approximate surface area is 121 Å². The predicted octanol–water partition coefficient (Wildman–Crippen LogP) is 4.03. The van der Waals surface area contributed by atoms with E-state index in [9.17, 15) is 8.78 Å². The van der Waals surface area contributed by atoms with E-state index < -0.39 is 11.6 Å². The highest BCUT2D eigenvalue weighted by atomic mass is 32.1. The van der Waals surface area contributed by atoms with Crippen molar-refractivity contribution in [1.82, 2.24) is 10.3 Å². The summed E-state index contributed by atoms with van der Waals surface area (Å²) in [5, 5.41) is 5.81. The van der Waals surface area contributed by atoms with Gasteiger partial charge in [0.1, 0.15) is 16.6 Å². The Bertz CT molecular complexity index is 602. The molecule has 0 radical (unpaired) electrons. The van der Waals surface area contributed by atoms with Crippen molar-refractivity contribution in [2.24, 2.45) is 0 Å². The lowest BCUT2D eigenvalue weighted by molar-refractivity contribution is 0.544. The fourth-order valence-corrected chi connectivity index (χ4v) is 3.08. The standard InChI is InChI=1S/C15H18F2N2S/c1-15(2,3)12-8-20-14(19-12)13(18-4)10-6-5-9(16)7-11(10)17/h5-8,13,18H,1-4H3. The second-order valence-electron chi connectivity index (χ2n) is 5.71. The van der Waals surface area contributed by atoms with Crippen LogP contribution < -0.4 is 5.32 Å². The van der Waals surface area contributed by atoms with E-state index in [4.69, 9.17) is 0 Å². The van der Waals surface area contributed by atoms with E-state index in [1.807, 2.05) is 5.38 Å². The third kappa shape index (κ3) is 3.04. The van der Waals surface area contributed by atoms with Crippen LogP contribution in [0.5, 0.6) is 0 Å². The van der Waals surface area contributed by atoms with Crippen LogP contribution in [0.3, 0.4) is 0 Å².